The van der Waals surface area contributed by atoms with E-state index in [1.165, 1.54) is 12.1 Å². The average Bonchev–Trinajstić information content (AvgIpc) is 2.73. The molecule has 1 saturated carbocycles. The minimum atomic E-state index is -0.791. The molecule has 0 N–H and O–H groups in total. The van der Waals surface area contributed by atoms with Crippen molar-refractivity contribution in [3.05, 3.63) is 82.2 Å². The van der Waals surface area contributed by atoms with E-state index in [0.29, 0.717) is 17.9 Å². The van der Waals surface area contributed by atoms with Crippen LogP contribution in [0.5, 0.6) is 0 Å². The molecule has 158 valence electrons. The van der Waals surface area contributed by atoms with Gasteiger partial charge in [-0.05, 0) is 105 Å². The van der Waals surface area contributed by atoms with Crippen molar-refractivity contribution in [1.29, 1.82) is 5.26 Å². The molecule has 0 unspecified atom stereocenters. The van der Waals surface area contributed by atoms with Crippen LogP contribution in [0.15, 0.2) is 42.5 Å². The van der Waals surface area contributed by atoms with Crippen LogP contribution in [0.3, 0.4) is 0 Å². The first-order chi connectivity index (χ1) is 14.5. The lowest BCUT2D eigenvalue weighted by Crippen LogP contribution is -2.15. The third-order valence-electron chi connectivity index (χ3n) is 6.24. The molecule has 4 heteroatoms. The second-order valence-corrected chi connectivity index (χ2v) is 8.27. The van der Waals surface area contributed by atoms with Gasteiger partial charge in [-0.3, -0.25) is 0 Å². The number of hydrogen-bond donors (Lipinski definition) is 0. The maximum Gasteiger partial charge on any atom is 0.144 e. The molecule has 2 aromatic carbocycles. The minimum absolute atomic E-state index is 0.0973. The number of aryl methyl sites for hydroxylation is 2. The van der Waals surface area contributed by atoms with E-state index >= 15 is 0 Å². The predicted molar refractivity (Wildman–Crippen MR) is 114 cm³/mol. The summed E-state index contributed by atoms with van der Waals surface area (Å²) in [5.74, 6) is -0.955. The maximum atomic E-state index is 14.6. The van der Waals surface area contributed by atoms with E-state index in [4.69, 9.17) is 5.26 Å². The van der Waals surface area contributed by atoms with Crippen LogP contribution < -0.4 is 0 Å². The summed E-state index contributed by atoms with van der Waals surface area (Å²) in [5, 5.41) is 8.77. The fraction of sp³-hybridized carbons (Fsp3) is 0.423. The molecular formula is C26H28F3N. The number of hydrogen-bond acceptors (Lipinski definition) is 1. The molecule has 0 aliphatic heterocycles. The number of allylic oxidation sites excluding steroid dienone is 2. The summed E-state index contributed by atoms with van der Waals surface area (Å²) in [6.45, 7) is 1.99. The molecule has 1 aliphatic carbocycles. The first-order valence-corrected chi connectivity index (χ1v) is 10.8. The van der Waals surface area contributed by atoms with Gasteiger partial charge < -0.3 is 0 Å². The van der Waals surface area contributed by atoms with E-state index in [1.54, 1.807) is 12.1 Å². The molecule has 0 bridgehead atoms. The van der Waals surface area contributed by atoms with Crippen molar-refractivity contribution in [2.75, 3.05) is 0 Å². The lowest BCUT2D eigenvalue weighted by Gasteiger charge is -2.29. The summed E-state index contributed by atoms with van der Waals surface area (Å²) in [6.07, 6.45) is 11.2. The fourth-order valence-corrected chi connectivity index (χ4v) is 4.48. The molecule has 0 atom stereocenters. The third kappa shape index (κ3) is 5.53. The largest absolute Gasteiger partial charge is 0.207 e. The summed E-state index contributed by atoms with van der Waals surface area (Å²) < 4.78 is 42.2. The van der Waals surface area contributed by atoms with Gasteiger partial charge in [0.25, 0.3) is 0 Å². The Kier molecular flexibility index (Phi) is 7.74. The lowest BCUT2D eigenvalue weighted by atomic mass is 9.76. The number of halogens is 3. The Morgan fingerprint density at radius 3 is 2.20 bits per heavy atom. The van der Waals surface area contributed by atoms with Crippen molar-refractivity contribution >= 4 is 0 Å². The number of rotatable bonds is 7. The molecule has 2 aromatic rings. The van der Waals surface area contributed by atoms with Gasteiger partial charge in [-0.2, -0.15) is 5.26 Å². The van der Waals surface area contributed by atoms with E-state index in [1.807, 2.05) is 25.1 Å². The van der Waals surface area contributed by atoms with Gasteiger partial charge in [0.15, 0.2) is 0 Å². The maximum absolute atomic E-state index is 14.6. The SMILES string of the molecule is C/C=C/CCc1ccc(C2CCC(CCc3cc(F)c(C#N)c(F)c3)CC2)c(F)c1. The Hall–Kier alpha value is -2.54. The van der Waals surface area contributed by atoms with Crippen LogP contribution in [0.4, 0.5) is 13.2 Å². The van der Waals surface area contributed by atoms with Crippen molar-refractivity contribution in [3.8, 4) is 6.07 Å². The topological polar surface area (TPSA) is 23.8 Å². The highest BCUT2D eigenvalue weighted by molar-refractivity contribution is 5.35. The molecule has 0 heterocycles. The quantitative estimate of drug-likeness (QED) is 0.436. The highest BCUT2D eigenvalue weighted by atomic mass is 19.1. The van der Waals surface area contributed by atoms with Gasteiger partial charge in [0.2, 0.25) is 0 Å². The zero-order valence-corrected chi connectivity index (χ0v) is 17.4. The standard InChI is InChI=1S/C26H28F3N/c1-2-3-4-5-19-10-13-22(24(27)14-19)21-11-8-18(9-12-21)6-7-20-15-25(28)23(17-30)26(29)16-20/h2-3,10,13-16,18,21H,4-9,11-12H2,1H3/b3-2+. The Balaban J connectivity index is 1.52. The average molecular weight is 412 g/mol. The molecule has 1 nitrogen and oxygen atoms in total. The summed E-state index contributed by atoms with van der Waals surface area (Å²) in [7, 11) is 0. The Morgan fingerprint density at radius 2 is 1.60 bits per heavy atom. The van der Waals surface area contributed by atoms with Crippen LogP contribution in [-0.2, 0) is 12.8 Å². The van der Waals surface area contributed by atoms with Crippen LogP contribution in [0, 0.1) is 34.7 Å². The minimum Gasteiger partial charge on any atom is -0.207 e. The predicted octanol–water partition coefficient (Wildman–Crippen LogP) is 7.39. The summed E-state index contributed by atoms with van der Waals surface area (Å²) in [5.41, 5.74) is 1.92. The van der Waals surface area contributed by atoms with E-state index in [-0.39, 0.29) is 11.7 Å². The number of nitrogens with zero attached hydrogens (tertiary/aromatic N) is 1. The second-order valence-electron chi connectivity index (χ2n) is 8.27. The van der Waals surface area contributed by atoms with Crippen molar-refractivity contribution in [2.45, 2.75) is 64.2 Å². The third-order valence-corrected chi connectivity index (χ3v) is 6.24. The summed E-state index contributed by atoms with van der Waals surface area (Å²) in [6, 6.07) is 9.76. The van der Waals surface area contributed by atoms with E-state index in [2.05, 4.69) is 6.08 Å². The van der Waals surface area contributed by atoms with E-state index in [0.717, 1.165) is 56.1 Å². The van der Waals surface area contributed by atoms with E-state index < -0.39 is 17.2 Å². The molecule has 0 saturated heterocycles. The van der Waals surface area contributed by atoms with Crippen molar-refractivity contribution in [2.24, 2.45) is 5.92 Å². The summed E-state index contributed by atoms with van der Waals surface area (Å²) >= 11 is 0. The normalized spacial score (nSPS) is 19.2. The van der Waals surface area contributed by atoms with Crippen molar-refractivity contribution < 1.29 is 13.2 Å². The highest BCUT2D eigenvalue weighted by Crippen LogP contribution is 2.38. The van der Waals surface area contributed by atoms with Gasteiger partial charge in [0.1, 0.15) is 29.1 Å². The highest BCUT2D eigenvalue weighted by Gasteiger charge is 2.24. The molecule has 0 radical (unpaired) electrons. The zero-order chi connectivity index (χ0) is 21.5. The molecule has 1 aliphatic rings. The van der Waals surface area contributed by atoms with Gasteiger partial charge in [-0.25, -0.2) is 13.2 Å². The van der Waals surface area contributed by atoms with Crippen molar-refractivity contribution in [3.63, 3.8) is 0 Å². The summed E-state index contributed by atoms with van der Waals surface area (Å²) in [4.78, 5) is 0. The van der Waals surface area contributed by atoms with Gasteiger partial charge >= 0.3 is 0 Å². The van der Waals surface area contributed by atoms with E-state index in [9.17, 15) is 13.2 Å². The van der Waals surface area contributed by atoms with Gasteiger partial charge in [-0.1, -0.05) is 24.3 Å². The van der Waals surface area contributed by atoms with Crippen LogP contribution in [-0.4, -0.2) is 0 Å². The smallest absolute Gasteiger partial charge is 0.144 e. The Labute approximate surface area is 177 Å². The molecular weight excluding hydrogens is 383 g/mol. The van der Waals surface area contributed by atoms with Crippen molar-refractivity contribution in [1.82, 2.24) is 0 Å². The monoisotopic (exact) mass is 411 g/mol. The molecule has 0 amide bonds. The Bertz CT molecular complexity index is 911. The molecule has 0 spiro atoms. The number of benzene rings is 2. The molecule has 30 heavy (non-hydrogen) atoms. The van der Waals surface area contributed by atoms with Crippen LogP contribution >= 0.6 is 0 Å². The first-order valence-electron chi connectivity index (χ1n) is 10.8. The van der Waals surface area contributed by atoms with Gasteiger partial charge in [0, 0.05) is 0 Å². The zero-order valence-electron chi connectivity index (χ0n) is 17.4. The fourth-order valence-electron chi connectivity index (χ4n) is 4.48. The number of nitriles is 1. The van der Waals surface area contributed by atoms with Gasteiger partial charge in [-0.15, -0.1) is 0 Å². The van der Waals surface area contributed by atoms with Gasteiger partial charge in [0.05, 0.1) is 0 Å². The first kappa shape index (κ1) is 22.2. The molecule has 3 rings (SSSR count). The molecule has 0 aromatic heterocycles. The van der Waals surface area contributed by atoms with Crippen LogP contribution in [0.1, 0.15) is 73.6 Å². The van der Waals surface area contributed by atoms with Crippen LogP contribution in [0.25, 0.3) is 0 Å². The second kappa shape index (κ2) is 10.5. The lowest BCUT2D eigenvalue weighted by molar-refractivity contribution is 0.306. The Morgan fingerprint density at radius 1 is 0.933 bits per heavy atom. The molecule has 1 fully saturated rings. The van der Waals surface area contributed by atoms with Crippen LogP contribution in [0.2, 0.25) is 0 Å².